The Morgan fingerprint density at radius 2 is 2.00 bits per heavy atom. The third kappa shape index (κ3) is 3.38. The van der Waals surface area contributed by atoms with E-state index in [-0.39, 0.29) is 0 Å². The van der Waals surface area contributed by atoms with Gasteiger partial charge in [-0.25, -0.2) is 0 Å². The lowest BCUT2D eigenvalue weighted by molar-refractivity contribution is 0.508. The van der Waals surface area contributed by atoms with Crippen molar-refractivity contribution in [2.75, 3.05) is 0 Å². The zero-order valence-corrected chi connectivity index (χ0v) is 9.27. The summed E-state index contributed by atoms with van der Waals surface area (Å²) in [6.45, 7) is 6.80. The second kappa shape index (κ2) is 5.26. The van der Waals surface area contributed by atoms with Gasteiger partial charge in [0.05, 0.1) is 0 Å². The first kappa shape index (κ1) is 10.6. The molecule has 1 rings (SSSR count). The monoisotopic (exact) mass is 178 g/mol. The van der Waals surface area contributed by atoms with Gasteiger partial charge in [-0.1, -0.05) is 49.5 Å². The van der Waals surface area contributed by atoms with Crippen molar-refractivity contribution in [3.05, 3.63) is 23.3 Å². The molecule has 0 aromatic carbocycles. The number of rotatable bonds is 4. The summed E-state index contributed by atoms with van der Waals surface area (Å²) in [4.78, 5) is 0. The van der Waals surface area contributed by atoms with Crippen molar-refractivity contribution in [3.63, 3.8) is 0 Å². The first-order valence-electron chi connectivity index (χ1n) is 5.58. The fourth-order valence-electron chi connectivity index (χ4n) is 2.00. The Bertz CT molecular complexity index is 208. The minimum absolute atomic E-state index is 0.844. The van der Waals surface area contributed by atoms with Gasteiger partial charge in [-0.3, -0.25) is 0 Å². The molecule has 0 N–H and O–H groups in total. The quantitative estimate of drug-likeness (QED) is 0.557. The highest BCUT2D eigenvalue weighted by Gasteiger charge is 2.13. The van der Waals surface area contributed by atoms with Crippen molar-refractivity contribution in [3.8, 4) is 0 Å². The van der Waals surface area contributed by atoms with E-state index in [2.05, 4.69) is 32.9 Å². The molecule has 0 saturated heterocycles. The van der Waals surface area contributed by atoms with Gasteiger partial charge < -0.3 is 0 Å². The van der Waals surface area contributed by atoms with Crippen molar-refractivity contribution in [1.29, 1.82) is 0 Å². The summed E-state index contributed by atoms with van der Waals surface area (Å²) >= 11 is 0. The highest BCUT2D eigenvalue weighted by Crippen LogP contribution is 2.28. The number of hydrogen-bond donors (Lipinski definition) is 0. The van der Waals surface area contributed by atoms with E-state index in [1.807, 2.05) is 0 Å². The highest BCUT2D eigenvalue weighted by atomic mass is 14.2. The molecule has 0 radical (unpaired) electrons. The molecule has 0 fully saturated rings. The topological polar surface area (TPSA) is 0 Å². The van der Waals surface area contributed by atoms with Gasteiger partial charge in [-0.05, 0) is 32.6 Å². The van der Waals surface area contributed by atoms with Gasteiger partial charge in [0.1, 0.15) is 0 Å². The molecule has 13 heavy (non-hydrogen) atoms. The van der Waals surface area contributed by atoms with E-state index < -0.39 is 0 Å². The van der Waals surface area contributed by atoms with Gasteiger partial charge in [-0.2, -0.15) is 0 Å². The van der Waals surface area contributed by atoms with Crippen molar-refractivity contribution in [2.24, 2.45) is 5.92 Å². The van der Waals surface area contributed by atoms with Gasteiger partial charge in [0.2, 0.25) is 0 Å². The van der Waals surface area contributed by atoms with Gasteiger partial charge in [0.25, 0.3) is 0 Å². The molecule has 0 aliphatic heterocycles. The molecule has 0 bridgehead atoms. The summed E-state index contributed by atoms with van der Waals surface area (Å²) in [7, 11) is 0. The summed E-state index contributed by atoms with van der Waals surface area (Å²) in [5.74, 6) is 0.844. The zero-order valence-electron chi connectivity index (χ0n) is 9.27. The van der Waals surface area contributed by atoms with Crippen molar-refractivity contribution >= 4 is 0 Å². The van der Waals surface area contributed by atoms with Gasteiger partial charge >= 0.3 is 0 Å². The number of unbranched alkanes of at least 4 members (excludes halogenated alkanes) is 2. The third-order valence-electron chi connectivity index (χ3n) is 3.00. The molecule has 0 amide bonds. The maximum Gasteiger partial charge on any atom is -0.0166 e. The fraction of sp³-hybridized carbons (Fsp3) is 0.692. The minimum Gasteiger partial charge on any atom is -0.0727 e. The Labute approximate surface area is 82.7 Å². The lowest BCUT2D eigenvalue weighted by Crippen LogP contribution is -2.06. The first-order chi connectivity index (χ1) is 6.24. The van der Waals surface area contributed by atoms with Crippen LogP contribution in [0.25, 0.3) is 0 Å². The maximum absolute atomic E-state index is 2.30. The van der Waals surface area contributed by atoms with E-state index in [0.29, 0.717) is 0 Å². The Hall–Kier alpha value is -0.520. The van der Waals surface area contributed by atoms with E-state index in [0.717, 1.165) is 5.92 Å². The molecule has 0 nitrogen and oxygen atoms in total. The SMILES string of the molecule is CCCCCC1CC(C)=CC=C1C. The Balaban J connectivity index is 2.35. The average Bonchev–Trinajstić information content (AvgIpc) is 2.11. The van der Waals surface area contributed by atoms with Crippen LogP contribution in [-0.2, 0) is 0 Å². The van der Waals surface area contributed by atoms with E-state index in [1.165, 1.54) is 32.1 Å². The average molecular weight is 178 g/mol. The van der Waals surface area contributed by atoms with Crippen molar-refractivity contribution in [1.82, 2.24) is 0 Å². The summed E-state index contributed by atoms with van der Waals surface area (Å²) in [5, 5.41) is 0. The first-order valence-corrected chi connectivity index (χ1v) is 5.58. The maximum atomic E-state index is 2.30. The van der Waals surface area contributed by atoms with E-state index in [9.17, 15) is 0 Å². The molecule has 0 heterocycles. The molecule has 0 saturated carbocycles. The Morgan fingerprint density at radius 3 is 2.69 bits per heavy atom. The molecule has 0 aromatic heterocycles. The van der Waals surface area contributed by atoms with Crippen LogP contribution < -0.4 is 0 Å². The van der Waals surface area contributed by atoms with Crippen LogP contribution >= 0.6 is 0 Å². The van der Waals surface area contributed by atoms with Crippen LogP contribution in [-0.4, -0.2) is 0 Å². The molecule has 74 valence electrons. The summed E-state index contributed by atoms with van der Waals surface area (Å²) in [6.07, 6.45) is 11.4. The summed E-state index contributed by atoms with van der Waals surface area (Å²) < 4.78 is 0. The van der Waals surface area contributed by atoms with Crippen LogP contribution in [0.15, 0.2) is 23.3 Å². The zero-order chi connectivity index (χ0) is 9.68. The van der Waals surface area contributed by atoms with Crippen LogP contribution in [0.5, 0.6) is 0 Å². The number of allylic oxidation sites excluding steroid dienone is 4. The van der Waals surface area contributed by atoms with E-state index in [4.69, 9.17) is 0 Å². The van der Waals surface area contributed by atoms with E-state index >= 15 is 0 Å². The molecule has 1 aliphatic rings. The van der Waals surface area contributed by atoms with E-state index in [1.54, 1.807) is 11.1 Å². The second-order valence-corrected chi connectivity index (χ2v) is 4.32. The summed E-state index contributed by atoms with van der Waals surface area (Å²) in [5.41, 5.74) is 3.13. The van der Waals surface area contributed by atoms with Gasteiger partial charge in [0.15, 0.2) is 0 Å². The number of hydrogen-bond acceptors (Lipinski definition) is 0. The van der Waals surface area contributed by atoms with Crippen LogP contribution in [0, 0.1) is 5.92 Å². The van der Waals surface area contributed by atoms with Gasteiger partial charge in [0, 0.05) is 0 Å². The molecular weight excluding hydrogens is 156 g/mol. The normalized spacial score (nSPS) is 22.5. The second-order valence-electron chi connectivity index (χ2n) is 4.32. The standard InChI is InChI=1S/C13H22/c1-4-5-6-7-13-10-11(2)8-9-12(13)3/h8-9,13H,4-7,10H2,1-3H3. The lowest BCUT2D eigenvalue weighted by atomic mass is 9.85. The largest absolute Gasteiger partial charge is 0.0727 e. The van der Waals surface area contributed by atoms with Gasteiger partial charge in [-0.15, -0.1) is 0 Å². The van der Waals surface area contributed by atoms with Crippen LogP contribution in [0.2, 0.25) is 0 Å². The molecule has 1 aliphatic carbocycles. The third-order valence-corrected chi connectivity index (χ3v) is 3.00. The lowest BCUT2D eigenvalue weighted by Gasteiger charge is -2.21. The Kier molecular flexibility index (Phi) is 4.27. The Morgan fingerprint density at radius 1 is 1.23 bits per heavy atom. The van der Waals surface area contributed by atoms with Crippen LogP contribution in [0.4, 0.5) is 0 Å². The van der Waals surface area contributed by atoms with Crippen LogP contribution in [0.3, 0.4) is 0 Å². The molecule has 1 unspecified atom stereocenters. The fourth-order valence-corrected chi connectivity index (χ4v) is 2.00. The van der Waals surface area contributed by atoms with Crippen LogP contribution in [0.1, 0.15) is 52.9 Å². The molecule has 1 atom stereocenters. The predicted octanol–water partition coefficient (Wildman–Crippen LogP) is 4.48. The summed E-state index contributed by atoms with van der Waals surface area (Å²) in [6, 6.07) is 0. The highest BCUT2D eigenvalue weighted by molar-refractivity contribution is 5.24. The molecule has 0 aromatic rings. The predicted molar refractivity (Wildman–Crippen MR) is 59.8 cm³/mol. The molecular formula is C13H22. The van der Waals surface area contributed by atoms with Crippen molar-refractivity contribution in [2.45, 2.75) is 52.9 Å². The molecule has 0 spiro atoms. The molecule has 0 heteroatoms. The minimum atomic E-state index is 0.844. The van der Waals surface area contributed by atoms with Crippen molar-refractivity contribution < 1.29 is 0 Å². The smallest absolute Gasteiger partial charge is 0.0166 e.